The topological polar surface area (TPSA) is 39.9 Å². The molecule has 0 saturated carbocycles. The van der Waals surface area contributed by atoms with Crippen LogP contribution in [0.2, 0.25) is 10.0 Å². The van der Waals surface area contributed by atoms with Gasteiger partial charge in [-0.15, -0.1) is 5.10 Å². The Kier molecular flexibility index (Phi) is 5.03. The predicted molar refractivity (Wildman–Crippen MR) is 122 cm³/mol. The number of halogens is 2. The summed E-state index contributed by atoms with van der Waals surface area (Å²) in [5.74, 6) is 0.560. The Balaban J connectivity index is 1.32. The smallest absolute Gasteiger partial charge is 0.233 e. The second-order valence-electron chi connectivity index (χ2n) is 6.96. The van der Waals surface area contributed by atoms with E-state index in [1.165, 1.54) is 5.56 Å². The van der Waals surface area contributed by atoms with Gasteiger partial charge >= 0.3 is 0 Å². The lowest BCUT2D eigenvalue weighted by Crippen LogP contribution is -2.03. The summed E-state index contributed by atoms with van der Waals surface area (Å²) in [6.45, 7) is 0.518. The van der Waals surface area contributed by atoms with Crippen molar-refractivity contribution in [3.05, 3.63) is 94.6 Å². The Morgan fingerprint density at radius 3 is 2.60 bits per heavy atom. The van der Waals surface area contributed by atoms with E-state index >= 15 is 0 Å². The number of hydrogen-bond donors (Lipinski definition) is 0. The number of hydrogen-bond acceptors (Lipinski definition) is 3. The number of ether oxygens (including phenoxy) is 1. The van der Waals surface area contributed by atoms with Crippen LogP contribution in [0, 0.1) is 0 Å². The van der Waals surface area contributed by atoms with Crippen LogP contribution < -0.4 is 4.74 Å². The molecule has 0 aliphatic carbocycles. The van der Waals surface area contributed by atoms with E-state index in [-0.39, 0.29) is 0 Å². The molecule has 4 nitrogen and oxygen atoms in total. The summed E-state index contributed by atoms with van der Waals surface area (Å²) < 4.78 is 7.60. The SMILES string of the molecule is Clc1ccc(-n2ccc(OCCc3cccc4nc5ccccc5cc34)n2)cc1Cl. The lowest BCUT2D eigenvalue weighted by Gasteiger charge is -2.08. The zero-order valence-corrected chi connectivity index (χ0v) is 17.4. The standard InChI is InChI=1S/C24H17Cl2N3O/c25-20-9-8-18(15-21(20)26)29-12-10-24(28-29)30-13-11-16-5-3-7-23-19(16)14-17-4-1-2-6-22(17)27-23/h1-10,12,14-15H,11,13H2. The van der Waals surface area contributed by atoms with E-state index in [0.29, 0.717) is 22.5 Å². The van der Waals surface area contributed by atoms with Gasteiger partial charge in [0.15, 0.2) is 0 Å². The number of rotatable bonds is 5. The molecule has 0 spiro atoms. The highest BCUT2D eigenvalue weighted by molar-refractivity contribution is 6.42. The van der Waals surface area contributed by atoms with Crippen molar-refractivity contribution in [2.45, 2.75) is 6.42 Å². The largest absolute Gasteiger partial charge is 0.476 e. The maximum Gasteiger partial charge on any atom is 0.233 e. The van der Waals surface area contributed by atoms with Crippen LogP contribution >= 0.6 is 23.2 Å². The molecule has 0 atom stereocenters. The maximum atomic E-state index is 6.10. The molecule has 3 aromatic carbocycles. The van der Waals surface area contributed by atoms with Crippen LogP contribution in [0.25, 0.3) is 27.5 Å². The summed E-state index contributed by atoms with van der Waals surface area (Å²) in [4.78, 5) is 4.78. The van der Waals surface area contributed by atoms with Crippen LogP contribution in [0.3, 0.4) is 0 Å². The molecule has 0 fully saturated rings. The van der Waals surface area contributed by atoms with E-state index in [4.69, 9.17) is 32.9 Å². The van der Waals surface area contributed by atoms with Crippen LogP contribution in [0.1, 0.15) is 5.56 Å². The van der Waals surface area contributed by atoms with Crippen LogP contribution in [-0.4, -0.2) is 21.4 Å². The highest BCUT2D eigenvalue weighted by Gasteiger charge is 2.07. The Bertz CT molecular complexity index is 1360. The van der Waals surface area contributed by atoms with Gasteiger partial charge in [-0.1, -0.05) is 53.5 Å². The second-order valence-corrected chi connectivity index (χ2v) is 7.77. The molecule has 0 radical (unpaired) electrons. The van der Waals surface area contributed by atoms with Gasteiger partial charge in [-0.05, 0) is 42.0 Å². The Morgan fingerprint density at radius 2 is 1.70 bits per heavy atom. The van der Waals surface area contributed by atoms with Crippen molar-refractivity contribution in [2.24, 2.45) is 0 Å². The molecule has 30 heavy (non-hydrogen) atoms. The van der Waals surface area contributed by atoms with E-state index < -0.39 is 0 Å². The molecule has 0 bridgehead atoms. The summed E-state index contributed by atoms with van der Waals surface area (Å²) in [5.41, 5.74) is 4.03. The van der Waals surface area contributed by atoms with Gasteiger partial charge in [0.1, 0.15) is 0 Å². The van der Waals surface area contributed by atoms with Crippen molar-refractivity contribution < 1.29 is 4.74 Å². The number of nitrogens with zero attached hydrogens (tertiary/aromatic N) is 3. The van der Waals surface area contributed by atoms with Gasteiger partial charge in [-0.2, -0.15) is 0 Å². The lowest BCUT2D eigenvalue weighted by molar-refractivity contribution is 0.308. The second kappa shape index (κ2) is 7.98. The molecule has 6 heteroatoms. The zero-order valence-electron chi connectivity index (χ0n) is 15.9. The van der Waals surface area contributed by atoms with Gasteiger partial charge in [-0.3, -0.25) is 0 Å². The molecule has 0 aliphatic rings. The van der Waals surface area contributed by atoms with Gasteiger partial charge in [0, 0.05) is 29.5 Å². The van der Waals surface area contributed by atoms with Gasteiger partial charge in [-0.25, -0.2) is 9.67 Å². The van der Waals surface area contributed by atoms with Gasteiger partial charge in [0.2, 0.25) is 5.88 Å². The summed E-state index contributed by atoms with van der Waals surface area (Å²) in [6, 6.07) is 23.8. The summed E-state index contributed by atoms with van der Waals surface area (Å²) in [7, 11) is 0. The molecule has 2 heterocycles. The number of para-hydroxylation sites is 1. The molecular weight excluding hydrogens is 417 g/mol. The predicted octanol–water partition coefficient (Wildman–Crippen LogP) is 6.50. The highest BCUT2D eigenvalue weighted by atomic mass is 35.5. The van der Waals surface area contributed by atoms with E-state index in [1.807, 2.05) is 48.7 Å². The van der Waals surface area contributed by atoms with Crippen molar-refractivity contribution >= 4 is 45.0 Å². The average molecular weight is 434 g/mol. The maximum absolute atomic E-state index is 6.10. The molecule has 0 amide bonds. The zero-order chi connectivity index (χ0) is 20.5. The van der Waals surface area contributed by atoms with Gasteiger partial charge in [0.25, 0.3) is 0 Å². The van der Waals surface area contributed by atoms with Crippen molar-refractivity contribution in [3.63, 3.8) is 0 Å². The summed E-state index contributed by atoms with van der Waals surface area (Å²) in [5, 5.41) is 7.76. The molecule has 5 rings (SSSR count). The molecule has 0 saturated heterocycles. The molecule has 148 valence electrons. The molecule has 5 aromatic rings. The molecule has 0 unspecified atom stereocenters. The van der Waals surface area contributed by atoms with Crippen molar-refractivity contribution in [2.75, 3.05) is 6.61 Å². The van der Waals surface area contributed by atoms with Gasteiger partial charge in [0.05, 0.1) is 33.4 Å². The summed E-state index contributed by atoms with van der Waals surface area (Å²) >= 11 is 12.1. The third-order valence-electron chi connectivity index (χ3n) is 5.00. The van der Waals surface area contributed by atoms with Crippen molar-refractivity contribution in [1.29, 1.82) is 0 Å². The molecular formula is C24H17Cl2N3O. The molecule has 0 N–H and O–H groups in total. The monoisotopic (exact) mass is 433 g/mol. The normalized spacial score (nSPS) is 11.3. The third-order valence-corrected chi connectivity index (χ3v) is 5.74. The minimum absolute atomic E-state index is 0.490. The third kappa shape index (κ3) is 3.72. The number of aromatic nitrogens is 3. The first kappa shape index (κ1) is 18.9. The van der Waals surface area contributed by atoms with Crippen molar-refractivity contribution in [3.8, 4) is 11.6 Å². The Labute approximate surface area is 183 Å². The first-order valence-electron chi connectivity index (χ1n) is 9.59. The minimum atomic E-state index is 0.490. The fourth-order valence-corrected chi connectivity index (χ4v) is 3.79. The number of pyridine rings is 1. The molecule has 0 aliphatic heterocycles. The Hall–Kier alpha value is -3.08. The molecule has 2 aromatic heterocycles. The van der Waals surface area contributed by atoms with E-state index in [1.54, 1.807) is 16.8 Å². The highest BCUT2D eigenvalue weighted by Crippen LogP contribution is 2.25. The first-order valence-corrected chi connectivity index (χ1v) is 10.3. The van der Waals surface area contributed by atoms with E-state index in [9.17, 15) is 0 Å². The Morgan fingerprint density at radius 1 is 0.833 bits per heavy atom. The van der Waals surface area contributed by atoms with Gasteiger partial charge < -0.3 is 4.74 Å². The van der Waals surface area contributed by atoms with Crippen LogP contribution in [0.4, 0.5) is 0 Å². The van der Waals surface area contributed by atoms with E-state index in [2.05, 4.69) is 23.3 Å². The van der Waals surface area contributed by atoms with E-state index in [0.717, 1.165) is 33.9 Å². The fourth-order valence-electron chi connectivity index (χ4n) is 3.50. The quantitative estimate of drug-likeness (QED) is 0.297. The van der Waals surface area contributed by atoms with Crippen LogP contribution in [0.5, 0.6) is 5.88 Å². The number of fused-ring (bicyclic) bond motifs is 2. The van der Waals surface area contributed by atoms with Crippen LogP contribution in [0.15, 0.2) is 79.0 Å². The summed E-state index contributed by atoms with van der Waals surface area (Å²) in [6.07, 6.45) is 2.60. The fraction of sp³-hybridized carbons (Fsp3) is 0.0833. The lowest BCUT2D eigenvalue weighted by atomic mass is 10.0. The average Bonchev–Trinajstić information content (AvgIpc) is 3.23. The van der Waals surface area contributed by atoms with Crippen molar-refractivity contribution in [1.82, 2.24) is 14.8 Å². The minimum Gasteiger partial charge on any atom is -0.476 e. The number of benzene rings is 3. The van der Waals surface area contributed by atoms with Crippen LogP contribution in [-0.2, 0) is 6.42 Å². The first-order chi connectivity index (χ1) is 14.7.